The summed E-state index contributed by atoms with van der Waals surface area (Å²) in [6, 6.07) is 7.02. The Morgan fingerprint density at radius 1 is 1.38 bits per heavy atom. The molecule has 0 heterocycles. The van der Waals surface area contributed by atoms with Crippen molar-refractivity contribution in [1.29, 1.82) is 0 Å². The molecule has 16 heavy (non-hydrogen) atoms. The van der Waals surface area contributed by atoms with E-state index >= 15 is 0 Å². The largest absolute Gasteiger partial charge is 0.493 e. The van der Waals surface area contributed by atoms with Crippen LogP contribution in [-0.2, 0) is 0 Å². The van der Waals surface area contributed by atoms with Crippen LogP contribution in [0, 0.1) is 0 Å². The average Bonchev–Trinajstić information content (AvgIpc) is 2.29. The van der Waals surface area contributed by atoms with Gasteiger partial charge in [0.2, 0.25) is 0 Å². The summed E-state index contributed by atoms with van der Waals surface area (Å²) in [6.07, 6.45) is 0.342. The second-order valence-corrected chi connectivity index (χ2v) is 3.60. The Morgan fingerprint density at radius 2 is 2.06 bits per heavy atom. The van der Waals surface area contributed by atoms with Crippen molar-refractivity contribution in [3.05, 3.63) is 29.8 Å². The monoisotopic (exact) mass is 222 g/mol. The highest BCUT2D eigenvalue weighted by molar-refractivity contribution is 6.01. The number of aliphatic hydroxyl groups excluding tert-OH is 1. The van der Waals surface area contributed by atoms with Crippen LogP contribution < -0.4 is 4.74 Å². The fourth-order valence-corrected chi connectivity index (χ4v) is 1.54. The van der Waals surface area contributed by atoms with Crippen LogP contribution in [0.1, 0.15) is 37.0 Å². The van der Waals surface area contributed by atoms with Crippen LogP contribution in [0.25, 0.3) is 0 Å². The Labute approximate surface area is 96.1 Å². The summed E-state index contributed by atoms with van der Waals surface area (Å²) in [5.74, 6) is 0.288. The number of ketones is 1. The molecule has 0 aliphatic rings. The van der Waals surface area contributed by atoms with E-state index in [0.29, 0.717) is 24.3 Å². The number of aliphatic hydroxyl groups is 1. The molecule has 3 nitrogen and oxygen atoms in total. The molecule has 1 N–H and O–H groups in total. The van der Waals surface area contributed by atoms with Gasteiger partial charge in [0.25, 0.3) is 0 Å². The topological polar surface area (TPSA) is 46.5 Å². The summed E-state index contributed by atoms with van der Waals surface area (Å²) in [7, 11) is 0. The molecule has 1 rings (SSSR count). The zero-order valence-corrected chi connectivity index (χ0v) is 9.77. The number of carbonyl (C=O) groups excluding carboxylic acids is 1. The third-order valence-corrected chi connectivity index (χ3v) is 2.32. The number of Topliss-reactive ketones (excluding diaryl/α,β-unsaturated/α-hetero) is 1. The number of benzene rings is 1. The molecule has 0 saturated heterocycles. The van der Waals surface area contributed by atoms with Crippen LogP contribution in [0.15, 0.2) is 24.3 Å². The minimum Gasteiger partial charge on any atom is -0.493 e. The number of rotatable bonds is 6. The number of carbonyl (C=O) groups is 1. The molecule has 1 aromatic rings. The van der Waals surface area contributed by atoms with Gasteiger partial charge in [0.15, 0.2) is 5.78 Å². The second kappa shape index (κ2) is 6.28. The van der Waals surface area contributed by atoms with Gasteiger partial charge >= 0.3 is 0 Å². The van der Waals surface area contributed by atoms with Crippen LogP contribution in [0.3, 0.4) is 0 Å². The van der Waals surface area contributed by atoms with Crippen molar-refractivity contribution in [3.8, 4) is 5.75 Å². The minimum atomic E-state index is -0.924. The van der Waals surface area contributed by atoms with Crippen LogP contribution in [0.5, 0.6) is 5.75 Å². The lowest BCUT2D eigenvalue weighted by molar-refractivity contribution is 0.0725. The molecule has 3 heteroatoms. The van der Waals surface area contributed by atoms with Gasteiger partial charge in [0.1, 0.15) is 11.9 Å². The van der Waals surface area contributed by atoms with Gasteiger partial charge < -0.3 is 9.84 Å². The van der Waals surface area contributed by atoms with Crippen molar-refractivity contribution in [2.45, 2.75) is 32.8 Å². The fraction of sp³-hybridized carbons (Fsp3) is 0.462. The average molecular weight is 222 g/mol. The Kier molecular flexibility index (Phi) is 4.99. The summed E-state index contributed by atoms with van der Waals surface area (Å²) in [4.78, 5) is 11.9. The Hall–Kier alpha value is -1.35. The van der Waals surface area contributed by atoms with E-state index in [4.69, 9.17) is 4.74 Å². The molecular formula is C13H18O3. The number of hydrogen-bond acceptors (Lipinski definition) is 3. The predicted molar refractivity (Wildman–Crippen MR) is 62.9 cm³/mol. The molecule has 0 fully saturated rings. The van der Waals surface area contributed by atoms with E-state index in [-0.39, 0.29) is 5.78 Å². The maximum Gasteiger partial charge on any atom is 0.194 e. The first-order chi connectivity index (χ1) is 7.70. The predicted octanol–water partition coefficient (Wildman–Crippen LogP) is 2.43. The van der Waals surface area contributed by atoms with Crippen molar-refractivity contribution < 1.29 is 14.6 Å². The third kappa shape index (κ3) is 3.07. The fourth-order valence-electron chi connectivity index (χ4n) is 1.54. The first-order valence-corrected chi connectivity index (χ1v) is 5.64. The van der Waals surface area contributed by atoms with E-state index in [9.17, 15) is 9.90 Å². The molecule has 1 unspecified atom stereocenters. The second-order valence-electron chi connectivity index (χ2n) is 3.60. The van der Waals surface area contributed by atoms with Gasteiger partial charge in [0.05, 0.1) is 12.2 Å². The lowest BCUT2D eigenvalue weighted by Gasteiger charge is -2.12. The summed E-state index contributed by atoms with van der Waals surface area (Å²) >= 11 is 0. The molecule has 88 valence electrons. The van der Waals surface area contributed by atoms with Gasteiger partial charge in [-0.25, -0.2) is 0 Å². The van der Waals surface area contributed by atoms with Gasteiger partial charge in [0, 0.05) is 0 Å². The number of ether oxygens (including phenoxy) is 1. The first kappa shape index (κ1) is 12.7. The van der Waals surface area contributed by atoms with E-state index in [2.05, 4.69) is 0 Å². The van der Waals surface area contributed by atoms with Gasteiger partial charge in [-0.15, -0.1) is 0 Å². The molecule has 1 aromatic carbocycles. The van der Waals surface area contributed by atoms with Gasteiger partial charge in [-0.1, -0.05) is 25.5 Å². The molecule has 0 spiro atoms. The molecular weight excluding hydrogens is 204 g/mol. The molecule has 0 bridgehead atoms. The van der Waals surface area contributed by atoms with Crippen molar-refractivity contribution in [2.75, 3.05) is 6.61 Å². The summed E-state index contributed by atoms with van der Waals surface area (Å²) in [5.41, 5.74) is 0.463. The molecule has 0 aliphatic heterocycles. The first-order valence-electron chi connectivity index (χ1n) is 5.64. The molecule has 0 amide bonds. The maximum absolute atomic E-state index is 11.9. The van der Waals surface area contributed by atoms with Crippen molar-refractivity contribution in [2.24, 2.45) is 0 Å². The van der Waals surface area contributed by atoms with Gasteiger partial charge in [-0.3, -0.25) is 4.79 Å². The summed E-state index contributed by atoms with van der Waals surface area (Å²) in [6.45, 7) is 4.31. The van der Waals surface area contributed by atoms with E-state index in [1.54, 1.807) is 18.2 Å². The van der Waals surface area contributed by atoms with Crippen LogP contribution >= 0.6 is 0 Å². The van der Waals surface area contributed by atoms with Gasteiger partial charge in [-0.05, 0) is 25.5 Å². The Bertz CT molecular complexity index is 347. The summed E-state index contributed by atoms with van der Waals surface area (Å²) < 4.78 is 5.35. The maximum atomic E-state index is 11.9. The van der Waals surface area contributed by atoms with E-state index in [0.717, 1.165) is 6.42 Å². The molecule has 0 saturated carbocycles. The normalized spacial score (nSPS) is 12.2. The standard InChI is InChI=1S/C13H18O3/c1-3-7-11(14)13(15)10-8-5-6-9-12(10)16-4-2/h5-6,8-9,11,14H,3-4,7H2,1-2H3. The Balaban J connectivity index is 2.89. The SMILES string of the molecule is CCCC(O)C(=O)c1ccccc1OCC. The van der Waals surface area contributed by atoms with E-state index in [1.807, 2.05) is 19.9 Å². The lowest BCUT2D eigenvalue weighted by Crippen LogP contribution is -2.20. The van der Waals surface area contributed by atoms with E-state index < -0.39 is 6.10 Å². The lowest BCUT2D eigenvalue weighted by atomic mass is 10.0. The van der Waals surface area contributed by atoms with E-state index in [1.165, 1.54) is 0 Å². The zero-order valence-electron chi connectivity index (χ0n) is 9.77. The Morgan fingerprint density at radius 3 is 2.69 bits per heavy atom. The van der Waals surface area contributed by atoms with Crippen LogP contribution in [0.4, 0.5) is 0 Å². The van der Waals surface area contributed by atoms with Gasteiger partial charge in [-0.2, -0.15) is 0 Å². The van der Waals surface area contributed by atoms with Crippen molar-refractivity contribution in [3.63, 3.8) is 0 Å². The number of hydrogen-bond donors (Lipinski definition) is 1. The highest BCUT2D eigenvalue weighted by Crippen LogP contribution is 2.20. The smallest absolute Gasteiger partial charge is 0.194 e. The summed E-state index contributed by atoms with van der Waals surface area (Å²) in [5, 5.41) is 9.66. The number of para-hydroxylation sites is 1. The molecule has 0 radical (unpaired) electrons. The molecule has 0 aliphatic carbocycles. The minimum absolute atomic E-state index is 0.258. The highest BCUT2D eigenvalue weighted by atomic mass is 16.5. The zero-order chi connectivity index (χ0) is 12.0. The van der Waals surface area contributed by atoms with Crippen molar-refractivity contribution >= 4 is 5.78 Å². The molecule has 1 atom stereocenters. The van der Waals surface area contributed by atoms with Crippen LogP contribution in [-0.4, -0.2) is 23.6 Å². The third-order valence-electron chi connectivity index (χ3n) is 2.32. The van der Waals surface area contributed by atoms with Crippen LogP contribution in [0.2, 0.25) is 0 Å². The molecule has 0 aromatic heterocycles. The quantitative estimate of drug-likeness (QED) is 0.752. The van der Waals surface area contributed by atoms with Crippen molar-refractivity contribution in [1.82, 2.24) is 0 Å². The highest BCUT2D eigenvalue weighted by Gasteiger charge is 2.19.